The molecule has 0 amide bonds. The molecular formula is C17H19N5. The molecule has 22 heavy (non-hydrogen) atoms. The Bertz CT molecular complexity index is 768. The molecule has 5 heteroatoms. The summed E-state index contributed by atoms with van der Waals surface area (Å²) in [6, 6.07) is 15.3. The molecule has 0 spiro atoms. The summed E-state index contributed by atoms with van der Waals surface area (Å²) < 4.78 is 2.03. The van der Waals surface area contributed by atoms with E-state index in [9.17, 15) is 0 Å². The van der Waals surface area contributed by atoms with E-state index in [1.165, 1.54) is 16.3 Å². The number of nitrogens with one attached hydrogen (secondary N) is 1. The van der Waals surface area contributed by atoms with Gasteiger partial charge in [0.2, 0.25) is 0 Å². The van der Waals surface area contributed by atoms with Gasteiger partial charge in [-0.05, 0) is 52.7 Å². The predicted molar refractivity (Wildman–Crippen MR) is 85.7 cm³/mol. The molecule has 0 atom stereocenters. The molecule has 4 rings (SSSR count). The minimum Gasteiger partial charge on any atom is -0.317 e. The highest BCUT2D eigenvalue weighted by molar-refractivity contribution is 5.85. The first-order chi connectivity index (χ1) is 10.9. The fraction of sp³-hybridized carbons (Fsp3) is 0.353. The molecule has 1 fully saturated rings. The number of nitrogens with zero attached hydrogens (tertiary/aromatic N) is 4. The van der Waals surface area contributed by atoms with E-state index in [1.54, 1.807) is 0 Å². The van der Waals surface area contributed by atoms with Crippen molar-refractivity contribution in [3.05, 3.63) is 53.9 Å². The Hall–Kier alpha value is -2.27. The van der Waals surface area contributed by atoms with Gasteiger partial charge in [-0.2, -0.15) is 0 Å². The smallest absolute Gasteiger partial charge is 0.155 e. The number of fused-ring (bicyclic) bond motifs is 1. The van der Waals surface area contributed by atoms with Gasteiger partial charge in [0.15, 0.2) is 5.82 Å². The van der Waals surface area contributed by atoms with Crippen molar-refractivity contribution in [2.75, 3.05) is 13.1 Å². The molecule has 1 saturated heterocycles. The van der Waals surface area contributed by atoms with Gasteiger partial charge in [0.25, 0.3) is 0 Å². The molecule has 1 N–H and O–H groups in total. The number of benzene rings is 2. The number of hydrogen-bond acceptors (Lipinski definition) is 4. The Morgan fingerprint density at radius 1 is 1.05 bits per heavy atom. The average molecular weight is 293 g/mol. The van der Waals surface area contributed by atoms with Crippen LogP contribution in [0.2, 0.25) is 0 Å². The Labute approximate surface area is 129 Å². The van der Waals surface area contributed by atoms with Crippen LogP contribution in [0, 0.1) is 0 Å². The first-order valence-electron chi connectivity index (χ1n) is 7.86. The zero-order valence-electron chi connectivity index (χ0n) is 12.4. The van der Waals surface area contributed by atoms with E-state index in [2.05, 4.69) is 63.3 Å². The van der Waals surface area contributed by atoms with Crippen molar-refractivity contribution in [1.82, 2.24) is 25.5 Å². The summed E-state index contributed by atoms with van der Waals surface area (Å²) in [5.74, 6) is 0.961. The zero-order chi connectivity index (χ0) is 14.8. The molecule has 1 aliphatic rings. The number of rotatable bonds is 3. The van der Waals surface area contributed by atoms with Gasteiger partial charge in [-0.15, -0.1) is 5.10 Å². The second-order valence-electron chi connectivity index (χ2n) is 5.84. The lowest BCUT2D eigenvalue weighted by Crippen LogP contribution is -2.30. The summed E-state index contributed by atoms with van der Waals surface area (Å²) in [4.78, 5) is 0. The quantitative estimate of drug-likeness (QED) is 0.805. The van der Waals surface area contributed by atoms with Crippen LogP contribution in [0.3, 0.4) is 0 Å². The van der Waals surface area contributed by atoms with Crippen molar-refractivity contribution in [2.24, 2.45) is 0 Å². The highest BCUT2D eigenvalue weighted by Crippen LogP contribution is 2.23. The van der Waals surface area contributed by atoms with Gasteiger partial charge in [-0.1, -0.05) is 42.5 Å². The Balaban J connectivity index is 1.67. The predicted octanol–water partition coefficient (Wildman–Crippen LogP) is 2.34. The van der Waals surface area contributed by atoms with Crippen LogP contribution in [0.15, 0.2) is 42.5 Å². The van der Waals surface area contributed by atoms with E-state index in [4.69, 9.17) is 0 Å². The van der Waals surface area contributed by atoms with Gasteiger partial charge in [-0.3, -0.25) is 0 Å². The van der Waals surface area contributed by atoms with Crippen LogP contribution in [0.5, 0.6) is 0 Å². The van der Waals surface area contributed by atoms with Crippen molar-refractivity contribution < 1.29 is 0 Å². The maximum atomic E-state index is 4.27. The van der Waals surface area contributed by atoms with Crippen LogP contribution in [0.25, 0.3) is 10.8 Å². The third-order valence-corrected chi connectivity index (χ3v) is 4.44. The molecule has 1 aromatic heterocycles. The lowest BCUT2D eigenvalue weighted by Gasteiger charge is -2.23. The van der Waals surface area contributed by atoms with Gasteiger partial charge in [0.05, 0.1) is 6.04 Å². The van der Waals surface area contributed by atoms with Gasteiger partial charge in [0, 0.05) is 6.42 Å². The summed E-state index contributed by atoms with van der Waals surface area (Å²) in [5.41, 5.74) is 1.28. The number of hydrogen-bond donors (Lipinski definition) is 1. The zero-order valence-corrected chi connectivity index (χ0v) is 12.4. The van der Waals surface area contributed by atoms with Crippen molar-refractivity contribution >= 4 is 10.8 Å². The Kier molecular flexibility index (Phi) is 3.56. The van der Waals surface area contributed by atoms with E-state index in [1.807, 2.05) is 4.68 Å². The number of aromatic nitrogens is 4. The van der Waals surface area contributed by atoms with Gasteiger partial charge in [0.1, 0.15) is 0 Å². The van der Waals surface area contributed by atoms with Crippen molar-refractivity contribution in [3.8, 4) is 0 Å². The Morgan fingerprint density at radius 2 is 1.86 bits per heavy atom. The topological polar surface area (TPSA) is 55.6 Å². The molecule has 3 aromatic rings. The standard InChI is InChI=1S/C17H19N5/c1-2-7-16-13(4-1)5-3-6-14(16)12-17-19-20-21-22(17)15-8-10-18-11-9-15/h1-7,15,18H,8-12H2. The van der Waals surface area contributed by atoms with E-state index >= 15 is 0 Å². The molecule has 0 aliphatic carbocycles. The van der Waals surface area contributed by atoms with E-state index in [-0.39, 0.29) is 0 Å². The largest absolute Gasteiger partial charge is 0.317 e. The number of tetrazole rings is 1. The molecule has 0 bridgehead atoms. The molecule has 0 unspecified atom stereocenters. The third kappa shape index (κ3) is 2.48. The normalized spacial score (nSPS) is 16.2. The summed E-state index contributed by atoms with van der Waals surface area (Å²) in [5, 5.41) is 18.4. The summed E-state index contributed by atoms with van der Waals surface area (Å²) in [6.45, 7) is 2.08. The molecular weight excluding hydrogens is 274 g/mol. The maximum Gasteiger partial charge on any atom is 0.155 e. The second-order valence-corrected chi connectivity index (χ2v) is 5.84. The lowest BCUT2D eigenvalue weighted by molar-refractivity contribution is 0.331. The van der Waals surface area contributed by atoms with Crippen molar-refractivity contribution in [1.29, 1.82) is 0 Å². The molecule has 2 heterocycles. The van der Waals surface area contributed by atoms with E-state index < -0.39 is 0 Å². The second kappa shape index (κ2) is 5.85. The molecule has 5 nitrogen and oxygen atoms in total. The third-order valence-electron chi connectivity index (χ3n) is 4.44. The van der Waals surface area contributed by atoms with Crippen molar-refractivity contribution in [3.63, 3.8) is 0 Å². The fourth-order valence-corrected chi connectivity index (χ4v) is 3.28. The van der Waals surface area contributed by atoms with E-state index in [0.717, 1.165) is 38.2 Å². The highest BCUT2D eigenvalue weighted by Gasteiger charge is 2.20. The molecule has 1 aliphatic heterocycles. The molecule has 2 aromatic carbocycles. The minimum absolute atomic E-state index is 0.418. The average Bonchev–Trinajstić information content (AvgIpc) is 3.04. The SMILES string of the molecule is c1ccc2c(Cc3nnnn3C3CCNCC3)cccc2c1. The van der Waals surface area contributed by atoms with Gasteiger partial charge in [-0.25, -0.2) is 4.68 Å². The van der Waals surface area contributed by atoms with Crippen molar-refractivity contribution in [2.45, 2.75) is 25.3 Å². The fourth-order valence-electron chi connectivity index (χ4n) is 3.28. The van der Waals surface area contributed by atoms with E-state index in [0.29, 0.717) is 6.04 Å². The summed E-state index contributed by atoms with van der Waals surface area (Å²) >= 11 is 0. The van der Waals surface area contributed by atoms with Crippen LogP contribution < -0.4 is 5.32 Å². The van der Waals surface area contributed by atoms with Crippen LogP contribution in [-0.2, 0) is 6.42 Å². The van der Waals surface area contributed by atoms with Gasteiger partial charge >= 0.3 is 0 Å². The van der Waals surface area contributed by atoms with Gasteiger partial charge < -0.3 is 5.32 Å². The van der Waals surface area contributed by atoms with Crippen LogP contribution in [0.4, 0.5) is 0 Å². The van der Waals surface area contributed by atoms with Crippen LogP contribution in [0.1, 0.15) is 30.3 Å². The maximum absolute atomic E-state index is 4.27. The number of piperidine rings is 1. The van der Waals surface area contributed by atoms with Crippen LogP contribution >= 0.6 is 0 Å². The molecule has 112 valence electrons. The van der Waals surface area contributed by atoms with Crippen LogP contribution in [-0.4, -0.2) is 33.3 Å². The minimum atomic E-state index is 0.418. The summed E-state index contributed by atoms with van der Waals surface area (Å²) in [6.07, 6.45) is 2.96. The Morgan fingerprint density at radius 3 is 2.77 bits per heavy atom. The highest BCUT2D eigenvalue weighted by atomic mass is 15.5. The molecule has 0 radical (unpaired) electrons. The first kappa shape index (κ1) is 13.4. The summed E-state index contributed by atoms with van der Waals surface area (Å²) in [7, 11) is 0. The lowest BCUT2D eigenvalue weighted by atomic mass is 10.0. The first-order valence-corrected chi connectivity index (χ1v) is 7.86. The monoisotopic (exact) mass is 293 g/mol. The molecule has 0 saturated carbocycles.